The van der Waals surface area contributed by atoms with Crippen molar-refractivity contribution in [3.8, 4) is 33.6 Å². The average Bonchev–Trinajstić information content (AvgIpc) is 3.11. The Hall–Kier alpha value is -5.52. The van der Waals surface area contributed by atoms with E-state index in [1.165, 1.54) is 0 Å². The van der Waals surface area contributed by atoms with Crippen LogP contribution < -0.4 is 0 Å². The standard InChI is InChI=1S/2C14H8N2.C10H8N2.Ru/c2*15-13-11-7-3-1-5-9(11)10-6-2-4-8-12(10)14(13)16;1-3-7-11-9(5-1)10-6-2-4-8-12-10;/h2*1-8H;1-8H;/q2*-2;;+6. The van der Waals surface area contributed by atoms with E-state index in [0.717, 1.165) is 33.6 Å². The molecule has 8 rings (SSSR count). The normalized spacial score (nSPS) is 12.0. The van der Waals surface area contributed by atoms with E-state index in [4.69, 9.17) is 0 Å². The third kappa shape index (κ3) is 6.26. The Morgan fingerprint density at radius 3 is 0.733 bits per heavy atom. The van der Waals surface area contributed by atoms with Gasteiger partial charge in [0.1, 0.15) is 0 Å². The summed E-state index contributed by atoms with van der Waals surface area (Å²) in [5.41, 5.74) is 8.17. The second-order valence-electron chi connectivity index (χ2n) is 10.0. The fraction of sp³-hybridized carbons (Fsp3) is 0. The summed E-state index contributed by atoms with van der Waals surface area (Å²) < 4.78 is 0. The van der Waals surface area contributed by atoms with Gasteiger partial charge in [-0.25, -0.2) is 0 Å². The quantitative estimate of drug-likeness (QED) is 0.164. The second-order valence-corrected chi connectivity index (χ2v) is 10.0. The van der Waals surface area contributed by atoms with E-state index in [-0.39, 0.29) is 42.3 Å². The molecule has 45 heavy (non-hydrogen) atoms. The maximum absolute atomic E-state index is 9.91. The predicted octanol–water partition coefficient (Wildman–Crippen LogP) is 8.31. The number of rotatable bonds is 1. The van der Waals surface area contributed by atoms with E-state index in [2.05, 4.69) is 9.97 Å². The zero-order valence-corrected chi connectivity index (χ0v) is 25.6. The zero-order chi connectivity index (χ0) is 30.5. The molecule has 7 heteroatoms. The first-order valence-corrected chi connectivity index (χ1v) is 14.0. The summed E-state index contributed by atoms with van der Waals surface area (Å²) in [5, 5.41) is 39.6. The van der Waals surface area contributed by atoms with Crippen LogP contribution in [0.2, 0.25) is 0 Å². The molecule has 0 bridgehead atoms. The Morgan fingerprint density at radius 1 is 0.289 bits per heavy atom. The van der Waals surface area contributed by atoms with Crippen LogP contribution in [0, 0.1) is 0 Å². The van der Waals surface area contributed by atoms with Crippen molar-refractivity contribution in [2.24, 2.45) is 0 Å². The van der Waals surface area contributed by atoms with Gasteiger partial charge < -0.3 is 21.6 Å². The van der Waals surface area contributed by atoms with Crippen LogP contribution in [0.3, 0.4) is 0 Å². The van der Waals surface area contributed by atoms with Crippen molar-refractivity contribution < 1.29 is 19.5 Å². The Morgan fingerprint density at radius 2 is 0.511 bits per heavy atom. The van der Waals surface area contributed by atoms with Gasteiger partial charge in [0, 0.05) is 12.4 Å². The third-order valence-corrected chi connectivity index (χ3v) is 7.35. The fourth-order valence-electron chi connectivity index (χ4n) is 5.24. The first-order chi connectivity index (χ1) is 21.5. The van der Waals surface area contributed by atoms with Gasteiger partial charge in [0.05, 0.1) is 11.4 Å². The van der Waals surface area contributed by atoms with Crippen molar-refractivity contribution in [1.82, 2.24) is 9.97 Å². The minimum absolute atomic E-state index is 0. The molecule has 0 aliphatic heterocycles. The topological polar surface area (TPSA) is 115 Å². The Kier molecular flexibility index (Phi) is 9.52. The maximum Gasteiger partial charge on any atom is 6.00 e. The van der Waals surface area contributed by atoms with E-state index in [1.807, 2.05) is 109 Å². The van der Waals surface area contributed by atoms with Crippen LogP contribution in [0.5, 0.6) is 0 Å². The maximum atomic E-state index is 9.91. The summed E-state index contributed by atoms with van der Waals surface area (Å²) in [7, 11) is 0. The molecule has 4 aromatic carbocycles. The third-order valence-electron chi connectivity index (χ3n) is 7.35. The van der Waals surface area contributed by atoms with Gasteiger partial charge in [-0.2, -0.15) is 22.8 Å². The number of aromatic nitrogens is 2. The Bertz CT molecular complexity index is 1780. The molecule has 2 aliphatic carbocycles. The Labute approximate surface area is 274 Å². The molecule has 2 aromatic heterocycles. The summed E-state index contributed by atoms with van der Waals surface area (Å²) in [6.45, 7) is 0. The fourth-order valence-corrected chi connectivity index (χ4v) is 5.24. The molecule has 6 nitrogen and oxygen atoms in total. The second kappa shape index (κ2) is 13.8. The van der Waals surface area contributed by atoms with Crippen molar-refractivity contribution in [1.29, 1.82) is 0 Å². The van der Waals surface area contributed by atoms with Crippen molar-refractivity contribution in [3.05, 3.63) is 190 Å². The van der Waals surface area contributed by atoms with E-state index >= 15 is 0 Å². The number of pyridine rings is 2. The van der Waals surface area contributed by atoms with Crippen LogP contribution in [-0.2, 0) is 19.5 Å². The molecule has 0 radical (unpaired) electrons. The average molecular weight is 666 g/mol. The van der Waals surface area contributed by atoms with E-state index in [9.17, 15) is 21.6 Å². The van der Waals surface area contributed by atoms with Gasteiger partial charge in [0.2, 0.25) is 0 Å². The smallest absolute Gasteiger partial charge is 0.804 e. The van der Waals surface area contributed by atoms with Crippen LogP contribution in [0.25, 0.3) is 55.3 Å². The minimum Gasteiger partial charge on any atom is -0.804 e. The van der Waals surface area contributed by atoms with Gasteiger partial charge in [-0.3, -0.25) is 9.97 Å². The van der Waals surface area contributed by atoms with Crippen LogP contribution in [-0.4, -0.2) is 32.8 Å². The molecule has 0 unspecified atom stereocenters. The monoisotopic (exact) mass is 666 g/mol. The van der Waals surface area contributed by atoms with Gasteiger partial charge in [0.15, 0.2) is 0 Å². The molecule has 0 spiro atoms. The molecule has 0 atom stereocenters. The molecule has 0 saturated heterocycles. The molecule has 0 saturated carbocycles. The minimum atomic E-state index is -0.0469. The molecule has 0 fully saturated rings. The Balaban J connectivity index is 0.000000134. The number of nitrogens with zero attached hydrogens (tertiary/aromatic N) is 6. The summed E-state index contributed by atoms with van der Waals surface area (Å²) in [5.74, 6) is 0. The van der Waals surface area contributed by atoms with Gasteiger partial charge in [-0.15, -0.1) is 0 Å². The van der Waals surface area contributed by atoms with Gasteiger partial charge in [-0.05, 0) is 68.8 Å². The van der Waals surface area contributed by atoms with E-state index in [0.29, 0.717) is 22.3 Å². The van der Waals surface area contributed by atoms with E-state index in [1.54, 1.807) is 36.7 Å². The molecule has 6 aromatic rings. The van der Waals surface area contributed by atoms with Crippen molar-refractivity contribution in [3.63, 3.8) is 0 Å². The summed E-state index contributed by atoms with van der Waals surface area (Å²) in [6, 6.07) is 41.6. The summed E-state index contributed by atoms with van der Waals surface area (Å²) in [4.78, 5) is 8.37. The summed E-state index contributed by atoms with van der Waals surface area (Å²) in [6.07, 6.45) is 3.54. The predicted molar refractivity (Wildman–Crippen MR) is 181 cm³/mol. The molecule has 0 amide bonds. The molecular weight excluding hydrogens is 642 g/mol. The van der Waals surface area contributed by atoms with Crippen LogP contribution >= 0.6 is 0 Å². The molecule has 212 valence electrons. The molecule has 2 aliphatic rings. The largest absolute Gasteiger partial charge is 6.00 e. The van der Waals surface area contributed by atoms with Crippen LogP contribution in [0.15, 0.2) is 146 Å². The van der Waals surface area contributed by atoms with Gasteiger partial charge in [0.25, 0.3) is 0 Å². The van der Waals surface area contributed by atoms with Gasteiger partial charge in [-0.1, -0.05) is 109 Å². The number of hydrogen-bond donors (Lipinski definition) is 0. The van der Waals surface area contributed by atoms with Crippen molar-refractivity contribution in [2.75, 3.05) is 0 Å². The molecule has 2 heterocycles. The van der Waals surface area contributed by atoms with Crippen LogP contribution in [0.4, 0.5) is 0 Å². The van der Waals surface area contributed by atoms with Crippen molar-refractivity contribution in [2.45, 2.75) is 0 Å². The SMILES string of the molecule is [N-]=C1C(=[N-])c2ccccc2-c2ccccc21.[N-]=C1C(=[N-])c2ccccc2-c2ccccc21.[Ru+6].c1ccc(-c2ccccn2)nc1. The first kappa shape index (κ1) is 30.9. The van der Waals surface area contributed by atoms with Crippen molar-refractivity contribution >= 4 is 22.8 Å². The molecule has 0 N–H and O–H groups in total. The van der Waals surface area contributed by atoms with Gasteiger partial charge >= 0.3 is 19.5 Å². The van der Waals surface area contributed by atoms with Crippen LogP contribution in [0.1, 0.15) is 22.3 Å². The zero-order valence-electron chi connectivity index (χ0n) is 23.9. The number of benzene rings is 4. The number of hydrogen-bond acceptors (Lipinski definition) is 2. The van der Waals surface area contributed by atoms with E-state index < -0.39 is 0 Å². The summed E-state index contributed by atoms with van der Waals surface area (Å²) >= 11 is 0. The molecular formula is C38H24N6Ru+2. The first-order valence-electron chi connectivity index (χ1n) is 14.0. The number of fused-ring (bicyclic) bond motifs is 6.